The van der Waals surface area contributed by atoms with Gasteiger partial charge < -0.3 is 4.43 Å². The fourth-order valence-electron chi connectivity index (χ4n) is 5.46. The highest BCUT2D eigenvalue weighted by molar-refractivity contribution is 6.74. The smallest absolute Gasteiger partial charge is 0.192 e. The molecule has 0 aromatic heterocycles. The molecule has 0 N–H and O–H groups in total. The minimum absolute atomic E-state index is 0.0105. The molecule has 4 heteroatoms. The van der Waals surface area contributed by atoms with E-state index in [4.69, 9.17) is 4.43 Å². The number of rotatable bonds is 2. The molecular weight excluding hydrogens is 328 g/mol. The van der Waals surface area contributed by atoms with E-state index in [1.165, 1.54) is 6.42 Å². The van der Waals surface area contributed by atoms with E-state index in [9.17, 15) is 9.59 Å². The van der Waals surface area contributed by atoms with Gasteiger partial charge in [-0.2, -0.15) is 0 Å². The molecule has 0 aromatic rings. The summed E-state index contributed by atoms with van der Waals surface area (Å²) < 4.78 is 7.05. The predicted molar refractivity (Wildman–Crippen MR) is 103 cm³/mol. The number of Topliss-reactive ketones (excluding diaryl/α,β-unsaturated/α-hetero) is 2. The van der Waals surface area contributed by atoms with Crippen LogP contribution in [0.2, 0.25) is 18.1 Å². The Kier molecular flexibility index (Phi) is 4.86. The van der Waals surface area contributed by atoms with E-state index in [0.717, 1.165) is 32.1 Å². The number of fused-ring (bicyclic) bond motifs is 1. The van der Waals surface area contributed by atoms with Gasteiger partial charge in [-0.1, -0.05) is 40.5 Å². The maximum Gasteiger partial charge on any atom is 0.192 e. The molecule has 0 aromatic carbocycles. The van der Waals surface area contributed by atoms with Crippen LogP contribution in [-0.4, -0.2) is 26.0 Å². The Morgan fingerprint density at radius 2 is 1.80 bits per heavy atom. The van der Waals surface area contributed by atoms with Gasteiger partial charge >= 0.3 is 0 Å². The first-order chi connectivity index (χ1) is 11.5. The molecule has 3 aliphatic rings. The first-order valence-corrected chi connectivity index (χ1v) is 13.1. The first kappa shape index (κ1) is 19.3. The standard InChI is InChI=1S/C21H36O3Si/c1-14-13-21-12-8-7-9-15(10-11-16(22)17(21)18(14)23)19(21)24-25(5,6)20(2,3)4/h14-15,17,19H,7-13H2,1-6H3/t14-,15+,17-,19-,21+/m1/s1. The topological polar surface area (TPSA) is 43.4 Å². The molecule has 0 heterocycles. The van der Waals surface area contributed by atoms with Gasteiger partial charge in [0.05, 0.1) is 12.0 Å². The summed E-state index contributed by atoms with van der Waals surface area (Å²) in [6.07, 6.45) is 6.95. The number of carbonyl (C=O) groups excluding carboxylic acids is 2. The van der Waals surface area contributed by atoms with E-state index < -0.39 is 8.32 Å². The normalized spacial score (nSPS) is 39.8. The molecular formula is C21H36O3Si. The van der Waals surface area contributed by atoms with Crippen molar-refractivity contribution in [1.29, 1.82) is 0 Å². The number of carbonyl (C=O) groups is 2. The molecule has 0 unspecified atom stereocenters. The molecule has 25 heavy (non-hydrogen) atoms. The summed E-state index contributed by atoms with van der Waals surface area (Å²) >= 11 is 0. The monoisotopic (exact) mass is 364 g/mol. The van der Waals surface area contributed by atoms with Crippen LogP contribution < -0.4 is 0 Å². The average molecular weight is 365 g/mol. The molecule has 3 saturated carbocycles. The van der Waals surface area contributed by atoms with Crippen LogP contribution in [0.15, 0.2) is 0 Å². The Bertz CT molecular complexity index is 562. The summed E-state index contributed by atoms with van der Waals surface area (Å²) in [6.45, 7) is 13.5. The lowest BCUT2D eigenvalue weighted by Gasteiger charge is -2.48. The summed E-state index contributed by atoms with van der Waals surface area (Å²) in [4.78, 5) is 25.9. The minimum Gasteiger partial charge on any atom is -0.413 e. The molecule has 5 atom stereocenters. The van der Waals surface area contributed by atoms with Crippen molar-refractivity contribution in [2.24, 2.45) is 23.2 Å². The molecule has 142 valence electrons. The molecule has 0 amide bonds. The molecule has 3 aliphatic carbocycles. The van der Waals surface area contributed by atoms with Gasteiger partial charge in [-0.05, 0) is 49.7 Å². The van der Waals surface area contributed by atoms with Gasteiger partial charge in [-0.25, -0.2) is 0 Å². The van der Waals surface area contributed by atoms with Gasteiger partial charge in [0.1, 0.15) is 11.6 Å². The van der Waals surface area contributed by atoms with Gasteiger partial charge in [-0.15, -0.1) is 0 Å². The molecule has 3 rings (SSSR count). The SMILES string of the molecule is C[C@@H]1C[C@@]23CCCC[C@@H](CCC(=O)[C@@H]2C1=O)[C@H]3O[Si](C)(C)C(C)(C)C. The van der Waals surface area contributed by atoms with Crippen LogP contribution in [-0.2, 0) is 14.0 Å². The van der Waals surface area contributed by atoms with Gasteiger partial charge in [-0.3, -0.25) is 9.59 Å². The van der Waals surface area contributed by atoms with Crippen LogP contribution in [0.25, 0.3) is 0 Å². The van der Waals surface area contributed by atoms with Crippen LogP contribution >= 0.6 is 0 Å². The highest BCUT2D eigenvalue weighted by Gasteiger charge is 2.62. The Labute approximate surface area is 154 Å². The van der Waals surface area contributed by atoms with Crippen molar-refractivity contribution >= 4 is 19.9 Å². The van der Waals surface area contributed by atoms with E-state index in [2.05, 4.69) is 33.9 Å². The molecule has 3 nitrogen and oxygen atoms in total. The predicted octanol–water partition coefficient (Wildman–Crippen LogP) is 5.14. The molecule has 0 saturated heterocycles. The lowest BCUT2D eigenvalue weighted by Crippen LogP contribution is -2.53. The van der Waals surface area contributed by atoms with Gasteiger partial charge in [0.15, 0.2) is 8.32 Å². The highest BCUT2D eigenvalue weighted by Crippen LogP contribution is 2.59. The largest absolute Gasteiger partial charge is 0.413 e. The fraction of sp³-hybridized carbons (Fsp3) is 0.905. The van der Waals surface area contributed by atoms with E-state index >= 15 is 0 Å². The van der Waals surface area contributed by atoms with Crippen molar-refractivity contribution in [3.05, 3.63) is 0 Å². The Morgan fingerprint density at radius 3 is 2.44 bits per heavy atom. The number of hydrogen-bond acceptors (Lipinski definition) is 3. The average Bonchev–Trinajstić information content (AvgIpc) is 2.59. The quantitative estimate of drug-likeness (QED) is 0.503. The zero-order valence-electron chi connectivity index (χ0n) is 17.0. The molecule has 3 fully saturated rings. The molecule has 0 radical (unpaired) electrons. The zero-order valence-corrected chi connectivity index (χ0v) is 18.0. The summed E-state index contributed by atoms with van der Waals surface area (Å²) in [5.74, 6) is 0.485. The third-order valence-electron chi connectivity index (χ3n) is 7.80. The second-order valence-corrected chi connectivity index (χ2v) is 15.2. The molecule has 1 spiro atoms. The van der Waals surface area contributed by atoms with Gasteiger partial charge in [0.25, 0.3) is 0 Å². The van der Waals surface area contributed by atoms with Crippen molar-refractivity contribution in [1.82, 2.24) is 0 Å². The van der Waals surface area contributed by atoms with E-state index in [0.29, 0.717) is 12.3 Å². The van der Waals surface area contributed by atoms with E-state index in [1.54, 1.807) is 0 Å². The van der Waals surface area contributed by atoms with Crippen LogP contribution in [0.4, 0.5) is 0 Å². The van der Waals surface area contributed by atoms with E-state index in [-0.39, 0.29) is 40.0 Å². The lowest BCUT2D eigenvalue weighted by molar-refractivity contribution is -0.137. The maximum absolute atomic E-state index is 13.0. The van der Waals surface area contributed by atoms with Crippen molar-refractivity contribution in [3.63, 3.8) is 0 Å². The Balaban J connectivity index is 2.07. The maximum atomic E-state index is 13.0. The minimum atomic E-state index is -1.96. The van der Waals surface area contributed by atoms with Crippen molar-refractivity contribution in [3.8, 4) is 0 Å². The highest BCUT2D eigenvalue weighted by atomic mass is 28.4. The fourth-order valence-corrected chi connectivity index (χ4v) is 6.88. The summed E-state index contributed by atoms with van der Waals surface area (Å²) in [7, 11) is -1.96. The Morgan fingerprint density at radius 1 is 1.12 bits per heavy atom. The Hall–Kier alpha value is -0.483. The van der Waals surface area contributed by atoms with Crippen LogP contribution in [0, 0.1) is 23.2 Å². The summed E-state index contributed by atoms with van der Waals surface area (Å²) in [5, 5.41) is 0.146. The first-order valence-electron chi connectivity index (χ1n) is 10.2. The van der Waals surface area contributed by atoms with Crippen molar-refractivity contribution < 1.29 is 14.0 Å². The number of ketones is 2. The molecule has 0 aliphatic heterocycles. The summed E-state index contributed by atoms with van der Waals surface area (Å²) in [6, 6.07) is 0. The molecule has 2 bridgehead atoms. The van der Waals surface area contributed by atoms with Crippen LogP contribution in [0.1, 0.15) is 72.6 Å². The third kappa shape index (κ3) is 3.07. The lowest BCUT2D eigenvalue weighted by atomic mass is 9.68. The third-order valence-corrected chi connectivity index (χ3v) is 12.3. The number of hydrogen-bond donors (Lipinski definition) is 0. The van der Waals surface area contributed by atoms with E-state index in [1.807, 2.05) is 6.92 Å². The van der Waals surface area contributed by atoms with Crippen LogP contribution in [0.3, 0.4) is 0 Å². The zero-order chi connectivity index (χ0) is 18.6. The van der Waals surface area contributed by atoms with Crippen LogP contribution in [0.5, 0.6) is 0 Å². The van der Waals surface area contributed by atoms with Gasteiger partial charge in [0.2, 0.25) is 0 Å². The van der Waals surface area contributed by atoms with Gasteiger partial charge in [0, 0.05) is 17.8 Å². The van der Waals surface area contributed by atoms with Crippen molar-refractivity contribution in [2.45, 2.75) is 96.9 Å². The summed E-state index contributed by atoms with van der Waals surface area (Å²) in [5.41, 5.74) is -0.221. The second-order valence-electron chi connectivity index (χ2n) is 10.5. The van der Waals surface area contributed by atoms with Crippen molar-refractivity contribution in [2.75, 3.05) is 0 Å². The second kappa shape index (κ2) is 6.30.